The van der Waals surface area contributed by atoms with Crippen LogP contribution in [-0.4, -0.2) is 0 Å². The normalized spacial score (nSPS) is 123. The molecule has 0 saturated heterocycles. The Balaban J connectivity index is 1.98. The van der Waals surface area contributed by atoms with Crippen molar-refractivity contribution in [3.8, 4) is 0 Å². The van der Waals surface area contributed by atoms with Crippen molar-refractivity contribution in [3.63, 3.8) is 0 Å². The van der Waals surface area contributed by atoms with Crippen molar-refractivity contribution in [2.45, 2.75) is 19.8 Å². The van der Waals surface area contributed by atoms with E-state index in [1.807, 2.05) is 0 Å². The van der Waals surface area contributed by atoms with Gasteiger partial charge in [0.1, 0.15) is 0 Å². The predicted octanol–water partition coefficient (Wildman–Crippen LogP) is 1.42. The van der Waals surface area contributed by atoms with Crippen LogP contribution in [0.3, 0.4) is 0 Å². The van der Waals surface area contributed by atoms with Crippen molar-refractivity contribution in [1.82, 2.24) is 0 Å². The zero-order valence-corrected chi connectivity index (χ0v) is 5.49. The SMILES string of the molecule is CCC12C34CC5C16C53C246. The molecular formula is C9H8. The van der Waals surface area contributed by atoms with Crippen LogP contribution in [0.2, 0.25) is 0 Å². The Labute approximate surface area is 53.6 Å². The van der Waals surface area contributed by atoms with Crippen LogP contribution < -0.4 is 0 Å². The Hall–Kier alpha value is 0. The van der Waals surface area contributed by atoms with Crippen LogP contribution in [0.1, 0.15) is 19.8 Å². The highest BCUT2D eigenvalue weighted by molar-refractivity contribution is 6.08. The van der Waals surface area contributed by atoms with Crippen LogP contribution in [0.5, 0.6) is 0 Å². The summed E-state index contributed by atoms with van der Waals surface area (Å²) in [7, 11) is 0. The molecule has 6 aliphatic rings. The average Bonchev–Trinajstić information content (AvgIpc) is 2.72. The van der Waals surface area contributed by atoms with Gasteiger partial charge in [0.15, 0.2) is 0 Å². The molecule has 0 aromatic carbocycles. The topological polar surface area (TPSA) is 0 Å². The maximum atomic E-state index is 2.43. The van der Waals surface area contributed by atoms with Crippen LogP contribution >= 0.6 is 0 Å². The molecule has 4 spiro atoms. The third kappa shape index (κ3) is 0.0428. The summed E-state index contributed by atoms with van der Waals surface area (Å²) in [6.07, 6.45) is 3.24. The first-order valence-corrected chi connectivity index (χ1v) is 4.40. The van der Waals surface area contributed by atoms with Crippen LogP contribution in [0.4, 0.5) is 0 Å². The molecule has 6 aliphatic carbocycles. The first-order valence-electron chi connectivity index (χ1n) is 4.40. The molecule has 0 amide bonds. The number of hydrogen-bond acceptors (Lipinski definition) is 0. The molecule has 0 aromatic heterocycles. The second kappa shape index (κ2) is 0.320. The Morgan fingerprint density at radius 2 is 2.33 bits per heavy atom. The van der Waals surface area contributed by atoms with Gasteiger partial charge in [-0.2, -0.15) is 0 Å². The quantitative estimate of drug-likeness (QED) is 0.486. The minimum absolute atomic E-state index is 1.07. The van der Waals surface area contributed by atoms with Crippen LogP contribution in [-0.2, 0) is 0 Å². The maximum absolute atomic E-state index is 2.43. The molecule has 6 atom stereocenters. The smallest absolute Gasteiger partial charge is 0.00195 e. The molecule has 0 nitrogen and oxygen atoms in total. The molecule has 0 bridgehead atoms. The van der Waals surface area contributed by atoms with Crippen LogP contribution in [0.25, 0.3) is 0 Å². The summed E-state index contributed by atoms with van der Waals surface area (Å²) in [6, 6.07) is 0. The molecule has 0 aromatic rings. The fourth-order valence-electron chi connectivity index (χ4n) is 7.73. The molecule has 0 aliphatic heterocycles. The Bertz CT molecular complexity index is 319. The molecule has 6 fully saturated rings. The first kappa shape index (κ1) is 2.94. The van der Waals surface area contributed by atoms with Gasteiger partial charge in [0.25, 0.3) is 0 Å². The van der Waals surface area contributed by atoms with E-state index < -0.39 is 0 Å². The van der Waals surface area contributed by atoms with Crippen molar-refractivity contribution in [1.29, 1.82) is 0 Å². The summed E-state index contributed by atoms with van der Waals surface area (Å²) in [5, 5.41) is 0. The Morgan fingerprint density at radius 3 is 2.56 bits per heavy atom. The van der Waals surface area contributed by atoms with E-state index in [0.29, 0.717) is 0 Å². The molecule has 6 unspecified atom stereocenters. The highest BCUT2D eigenvalue weighted by Gasteiger charge is 3.63. The van der Waals surface area contributed by atoms with Gasteiger partial charge in [0.05, 0.1) is 0 Å². The molecule has 6 saturated carbocycles. The van der Waals surface area contributed by atoms with Crippen LogP contribution in [0.15, 0.2) is 0 Å². The zero-order valence-electron chi connectivity index (χ0n) is 5.49. The first-order chi connectivity index (χ1) is 4.40. The van der Waals surface area contributed by atoms with E-state index in [1.165, 1.54) is 5.92 Å². The molecule has 44 valence electrons. The van der Waals surface area contributed by atoms with E-state index in [-0.39, 0.29) is 0 Å². The lowest BCUT2D eigenvalue weighted by molar-refractivity contribution is 0.123. The van der Waals surface area contributed by atoms with Crippen LogP contribution in [0, 0.1) is 33.0 Å². The van der Waals surface area contributed by atoms with Crippen molar-refractivity contribution >= 4 is 0 Å². The van der Waals surface area contributed by atoms with E-state index in [2.05, 4.69) is 6.92 Å². The second-order valence-electron chi connectivity index (χ2n) is 5.29. The fourth-order valence-corrected chi connectivity index (χ4v) is 7.73. The summed E-state index contributed by atoms with van der Waals surface area (Å²) < 4.78 is 0. The maximum Gasteiger partial charge on any atom is -0.00195 e. The van der Waals surface area contributed by atoms with Gasteiger partial charge >= 0.3 is 0 Å². The van der Waals surface area contributed by atoms with Gasteiger partial charge in [-0.25, -0.2) is 0 Å². The summed E-state index contributed by atoms with van der Waals surface area (Å²) in [5.41, 5.74) is 5.59. The van der Waals surface area contributed by atoms with Crippen molar-refractivity contribution in [2.24, 2.45) is 33.0 Å². The van der Waals surface area contributed by atoms with E-state index in [9.17, 15) is 0 Å². The summed E-state index contributed by atoms with van der Waals surface area (Å²) in [5.74, 6) is 1.32. The van der Waals surface area contributed by atoms with Gasteiger partial charge in [-0.05, 0) is 45.8 Å². The molecule has 9 heavy (non-hydrogen) atoms. The van der Waals surface area contributed by atoms with Gasteiger partial charge < -0.3 is 0 Å². The highest BCUT2D eigenvalue weighted by Crippen LogP contribution is 3.65. The lowest BCUT2D eigenvalue weighted by Crippen LogP contribution is -2.30. The Morgan fingerprint density at radius 1 is 1.44 bits per heavy atom. The number of rotatable bonds is 1. The van der Waals surface area contributed by atoms with E-state index in [4.69, 9.17) is 0 Å². The third-order valence-electron chi connectivity index (χ3n) is 6.91. The molecule has 0 heterocycles. The van der Waals surface area contributed by atoms with E-state index >= 15 is 0 Å². The van der Waals surface area contributed by atoms with Gasteiger partial charge in [-0.3, -0.25) is 0 Å². The summed E-state index contributed by atoms with van der Waals surface area (Å²) in [6.45, 7) is 2.43. The monoisotopic (exact) mass is 116 g/mol. The average molecular weight is 116 g/mol. The third-order valence-corrected chi connectivity index (χ3v) is 6.91. The molecule has 6 rings (SSSR count). The van der Waals surface area contributed by atoms with Gasteiger partial charge in [0.2, 0.25) is 0 Å². The predicted molar refractivity (Wildman–Crippen MR) is 30.6 cm³/mol. The largest absolute Gasteiger partial charge is 0.0648 e. The Kier molecular flexibility index (Phi) is 0.104. The van der Waals surface area contributed by atoms with Crippen molar-refractivity contribution in [2.75, 3.05) is 0 Å². The van der Waals surface area contributed by atoms with Gasteiger partial charge in [-0.15, -0.1) is 0 Å². The number of hydrogen-bond donors (Lipinski definition) is 0. The summed E-state index contributed by atoms with van der Waals surface area (Å²) in [4.78, 5) is 0. The minimum atomic E-state index is 1.07. The van der Waals surface area contributed by atoms with Gasteiger partial charge in [-0.1, -0.05) is 6.92 Å². The minimum Gasteiger partial charge on any atom is -0.0648 e. The van der Waals surface area contributed by atoms with E-state index in [1.54, 1.807) is 12.8 Å². The highest BCUT2D eigenvalue weighted by atomic mass is 15.6. The van der Waals surface area contributed by atoms with Crippen molar-refractivity contribution in [3.05, 3.63) is 0 Å². The second-order valence-corrected chi connectivity index (χ2v) is 5.29. The molecular weight excluding hydrogens is 108 g/mol. The molecule has 0 heteroatoms. The fraction of sp³-hybridized carbons (Fsp3) is 1.00. The molecule has 0 N–H and O–H groups in total. The zero-order chi connectivity index (χ0) is 5.49. The van der Waals surface area contributed by atoms with E-state index in [0.717, 1.165) is 27.1 Å². The lowest BCUT2D eigenvalue weighted by atomic mass is 9.69. The van der Waals surface area contributed by atoms with Crippen molar-refractivity contribution < 1.29 is 0 Å². The molecule has 0 radical (unpaired) electrons. The van der Waals surface area contributed by atoms with Gasteiger partial charge in [0, 0.05) is 0 Å². The summed E-state index contributed by atoms with van der Waals surface area (Å²) >= 11 is 0. The standard InChI is InChI=1S/C9H8/c1-2-5-6-3-4-7(5)8(4,6)9(5,6)7/h4H,2-3H2,1H3. The lowest BCUT2D eigenvalue weighted by Gasteiger charge is -2.34.